The van der Waals surface area contributed by atoms with Gasteiger partial charge in [0.25, 0.3) is 5.91 Å². The second-order valence-electron chi connectivity index (χ2n) is 4.46. The summed E-state index contributed by atoms with van der Waals surface area (Å²) in [5.74, 6) is -0.922. The number of esters is 1. The fourth-order valence-electron chi connectivity index (χ4n) is 1.80. The third kappa shape index (κ3) is 4.61. The van der Waals surface area contributed by atoms with Crippen molar-refractivity contribution in [3.63, 3.8) is 0 Å². The van der Waals surface area contributed by atoms with Crippen molar-refractivity contribution in [3.8, 4) is 0 Å². The lowest BCUT2D eigenvalue weighted by atomic mass is 10.1. The van der Waals surface area contributed by atoms with Gasteiger partial charge >= 0.3 is 5.97 Å². The summed E-state index contributed by atoms with van der Waals surface area (Å²) in [6, 6.07) is 13.6. The minimum Gasteiger partial charge on any atom is -0.465 e. The normalized spacial score (nSPS) is 9.83. The Hall–Kier alpha value is -2.25. The molecule has 1 amide bonds. The third-order valence-electron chi connectivity index (χ3n) is 2.89. The van der Waals surface area contributed by atoms with Gasteiger partial charge in [0.05, 0.1) is 18.4 Å². The van der Waals surface area contributed by atoms with Gasteiger partial charge in [-0.25, -0.2) is 4.79 Å². The number of nitrogens with one attached hydrogen (secondary N) is 2. The summed E-state index contributed by atoms with van der Waals surface area (Å²) < 4.78 is 5.45. The summed E-state index contributed by atoms with van der Waals surface area (Å²) in [5.41, 5.74) is 1.34. The minimum absolute atomic E-state index is 0.158. The van der Waals surface area contributed by atoms with Crippen LogP contribution in [-0.4, -0.2) is 24.1 Å². The van der Waals surface area contributed by atoms with Gasteiger partial charge in [-0.3, -0.25) is 10.1 Å². The Balaban J connectivity index is 2.06. The number of anilines is 1. The number of para-hydroxylation sites is 1. The molecule has 0 aliphatic heterocycles. The summed E-state index contributed by atoms with van der Waals surface area (Å²) in [7, 11) is 1.28. The minimum atomic E-state index is -0.506. The number of carbonyl (C=O) groups excluding carboxylic acids is 2. The molecule has 0 heterocycles. The van der Waals surface area contributed by atoms with Gasteiger partial charge in [-0.2, -0.15) is 0 Å². The first kappa shape index (κ1) is 17.1. The van der Waals surface area contributed by atoms with Gasteiger partial charge < -0.3 is 10.1 Å². The molecule has 0 aliphatic rings. The maximum absolute atomic E-state index is 12.2. The van der Waals surface area contributed by atoms with Crippen molar-refractivity contribution in [2.24, 2.45) is 0 Å². The Morgan fingerprint density at radius 2 is 1.78 bits per heavy atom. The fourth-order valence-corrected chi connectivity index (χ4v) is 2.38. The monoisotopic (exact) mass is 392 g/mol. The van der Waals surface area contributed by atoms with E-state index in [0.29, 0.717) is 11.1 Å². The largest absolute Gasteiger partial charge is 0.465 e. The second kappa shape index (κ2) is 7.85. The van der Waals surface area contributed by atoms with E-state index in [1.165, 1.54) is 13.2 Å². The highest BCUT2D eigenvalue weighted by Crippen LogP contribution is 2.20. The average molecular weight is 393 g/mol. The fraction of sp³-hybridized carbons (Fsp3) is 0.0625. The van der Waals surface area contributed by atoms with Crippen LogP contribution in [0.1, 0.15) is 20.7 Å². The van der Waals surface area contributed by atoms with Gasteiger partial charge in [-0.15, -0.1) is 0 Å². The van der Waals surface area contributed by atoms with Crippen molar-refractivity contribution in [2.45, 2.75) is 0 Å². The van der Waals surface area contributed by atoms with Crippen LogP contribution < -0.4 is 10.6 Å². The molecule has 0 spiro atoms. The number of hydrogen-bond donors (Lipinski definition) is 2. The standard InChI is InChI=1S/C16H13BrN2O3S/c1-22-15(21)11-6-4-5-10(9-11)14(20)19-16(23)18-13-8-3-2-7-12(13)17/h2-9H,1H3,(H2,18,19,20,23). The molecule has 0 saturated carbocycles. The van der Waals surface area contributed by atoms with Crippen LogP contribution in [0.3, 0.4) is 0 Å². The molecule has 0 unspecified atom stereocenters. The molecule has 0 aromatic heterocycles. The van der Waals surface area contributed by atoms with Crippen molar-refractivity contribution < 1.29 is 14.3 Å². The molecule has 0 atom stereocenters. The van der Waals surface area contributed by atoms with Crippen LogP contribution in [0, 0.1) is 0 Å². The van der Waals surface area contributed by atoms with Crippen molar-refractivity contribution >= 4 is 50.8 Å². The molecule has 0 radical (unpaired) electrons. The number of methoxy groups -OCH3 is 1. The number of ether oxygens (including phenoxy) is 1. The van der Waals surface area contributed by atoms with Gasteiger partial charge in [0.2, 0.25) is 0 Å². The number of hydrogen-bond acceptors (Lipinski definition) is 4. The van der Waals surface area contributed by atoms with E-state index in [9.17, 15) is 9.59 Å². The number of amides is 1. The third-order valence-corrected chi connectivity index (χ3v) is 3.79. The molecule has 2 aromatic carbocycles. The zero-order valence-corrected chi connectivity index (χ0v) is 14.5. The lowest BCUT2D eigenvalue weighted by Crippen LogP contribution is -2.34. The summed E-state index contributed by atoms with van der Waals surface area (Å²) in [6.07, 6.45) is 0. The van der Waals surface area contributed by atoms with Gasteiger partial charge in [0.15, 0.2) is 5.11 Å². The first-order valence-corrected chi connectivity index (χ1v) is 7.76. The highest BCUT2D eigenvalue weighted by molar-refractivity contribution is 9.10. The SMILES string of the molecule is COC(=O)c1cccc(C(=O)NC(=S)Nc2ccccc2Br)c1. The first-order chi connectivity index (χ1) is 11.0. The van der Waals surface area contributed by atoms with Crippen molar-refractivity contribution in [1.29, 1.82) is 0 Å². The molecule has 0 aliphatic carbocycles. The lowest BCUT2D eigenvalue weighted by Gasteiger charge is -2.11. The average Bonchev–Trinajstić information content (AvgIpc) is 2.56. The number of rotatable bonds is 3. The van der Waals surface area contributed by atoms with E-state index in [0.717, 1.165) is 10.2 Å². The summed E-state index contributed by atoms with van der Waals surface area (Å²) >= 11 is 8.51. The smallest absolute Gasteiger partial charge is 0.337 e. The van der Waals surface area contributed by atoms with Crippen molar-refractivity contribution in [1.82, 2.24) is 5.32 Å². The molecule has 2 aromatic rings. The Morgan fingerprint density at radius 3 is 2.48 bits per heavy atom. The van der Waals surface area contributed by atoms with Gasteiger partial charge in [-0.05, 0) is 58.5 Å². The van der Waals surface area contributed by atoms with E-state index in [4.69, 9.17) is 12.2 Å². The van der Waals surface area contributed by atoms with Crippen molar-refractivity contribution in [3.05, 3.63) is 64.1 Å². The zero-order chi connectivity index (χ0) is 16.8. The second-order valence-corrected chi connectivity index (χ2v) is 5.72. The maximum Gasteiger partial charge on any atom is 0.337 e. The molecule has 5 nitrogen and oxygen atoms in total. The highest BCUT2D eigenvalue weighted by Gasteiger charge is 2.12. The predicted octanol–water partition coefficient (Wildman–Crippen LogP) is 3.36. The Bertz CT molecular complexity index is 764. The van der Waals surface area contributed by atoms with Crippen LogP contribution in [0.4, 0.5) is 5.69 Å². The van der Waals surface area contributed by atoms with Crippen LogP contribution >= 0.6 is 28.1 Å². The van der Waals surface area contributed by atoms with E-state index in [2.05, 4.69) is 31.3 Å². The number of carbonyl (C=O) groups is 2. The Kier molecular flexibility index (Phi) is 5.84. The molecule has 118 valence electrons. The summed E-state index contributed by atoms with van der Waals surface area (Å²) in [6.45, 7) is 0. The van der Waals surface area contributed by atoms with Gasteiger partial charge in [-0.1, -0.05) is 18.2 Å². The Morgan fingerprint density at radius 1 is 1.09 bits per heavy atom. The van der Waals surface area contributed by atoms with Crippen molar-refractivity contribution in [2.75, 3.05) is 12.4 Å². The van der Waals surface area contributed by atoms with Crippen LogP contribution in [0.5, 0.6) is 0 Å². The van der Waals surface area contributed by atoms with E-state index >= 15 is 0 Å². The molecule has 23 heavy (non-hydrogen) atoms. The molecule has 0 saturated heterocycles. The zero-order valence-electron chi connectivity index (χ0n) is 12.1. The van der Waals surface area contributed by atoms with Gasteiger partial charge in [0.1, 0.15) is 0 Å². The number of halogens is 1. The van der Waals surface area contributed by atoms with Gasteiger partial charge in [0, 0.05) is 10.0 Å². The molecule has 7 heteroatoms. The topological polar surface area (TPSA) is 67.4 Å². The van der Waals surface area contributed by atoms with Crippen LogP contribution in [-0.2, 0) is 4.74 Å². The summed E-state index contributed by atoms with van der Waals surface area (Å²) in [5, 5.41) is 5.64. The van der Waals surface area contributed by atoms with E-state index < -0.39 is 11.9 Å². The molecule has 2 rings (SSSR count). The molecular formula is C16H13BrN2O3S. The predicted molar refractivity (Wildman–Crippen MR) is 95.6 cm³/mol. The quantitative estimate of drug-likeness (QED) is 0.619. The van der Waals surface area contributed by atoms with E-state index in [1.54, 1.807) is 18.2 Å². The number of benzene rings is 2. The first-order valence-electron chi connectivity index (χ1n) is 6.56. The van der Waals surface area contributed by atoms with Crippen LogP contribution in [0.2, 0.25) is 0 Å². The highest BCUT2D eigenvalue weighted by atomic mass is 79.9. The number of thiocarbonyl (C=S) groups is 1. The van der Waals surface area contributed by atoms with Crippen LogP contribution in [0.15, 0.2) is 53.0 Å². The Labute approximate surface area is 147 Å². The molecule has 0 bridgehead atoms. The molecule has 0 fully saturated rings. The van der Waals surface area contributed by atoms with Crippen LogP contribution in [0.25, 0.3) is 0 Å². The van der Waals surface area contributed by atoms with E-state index in [1.807, 2.05) is 24.3 Å². The molecule has 2 N–H and O–H groups in total. The summed E-state index contributed by atoms with van der Waals surface area (Å²) in [4.78, 5) is 23.7. The molecular weight excluding hydrogens is 380 g/mol. The lowest BCUT2D eigenvalue weighted by molar-refractivity contribution is 0.0600. The maximum atomic E-state index is 12.2. The van der Waals surface area contributed by atoms with E-state index in [-0.39, 0.29) is 5.11 Å².